The lowest BCUT2D eigenvalue weighted by Crippen LogP contribution is -2.40. The molecule has 0 N–H and O–H groups in total. The molecule has 0 saturated carbocycles. The van der Waals surface area contributed by atoms with Crippen LogP contribution in [0, 0.1) is 13.8 Å². The Labute approximate surface area is 261 Å². The monoisotopic (exact) mass is 603 g/mol. The summed E-state index contributed by atoms with van der Waals surface area (Å²) in [5.74, 6) is -0.0833. The van der Waals surface area contributed by atoms with E-state index < -0.39 is 12.0 Å². The lowest BCUT2D eigenvalue weighted by molar-refractivity contribution is -0.139. The first-order valence-electron chi connectivity index (χ1n) is 15.1. The van der Waals surface area contributed by atoms with Crippen LogP contribution in [0.1, 0.15) is 73.2 Å². The van der Waals surface area contributed by atoms with Gasteiger partial charge in [0, 0.05) is 23.2 Å². The number of ether oxygens (including phenoxy) is 1. The number of rotatable bonds is 7. The first kappa shape index (κ1) is 29.6. The molecule has 0 amide bonds. The molecule has 0 saturated heterocycles. The van der Waals surface area contributed by atoms with E-state index >= 15 is 0 Å². The number of esters is 1. The Hall–Kier alpha value is -4.49. The maximum atomic E-state index is 14.3. The summed E-state index contributed by atoms with van der Waals surface area (Å²) in [5, 5.41) is 1.11. The molecule has 1 aliphatic rings. The molecule has 1 aliphatic heterocycles. The highest BCUT2D eigenvalue weighted by atomic mass is 32.1. The second-order valence-corrected chi connectivity index (χ2v) is 12.7. The lowest BCUT2D eigenvalue weighted by Gasteiger charge is -2.25. The highest BCUT2D eigenvalue weighted by Crippen LogP contribution is 2.32. The third kappa shape index (κ3) is 5.15. The van der Waals surface area contributed by atoms with E-state index in [1.165, 1.54) is 28.0 Å². The van der Waals surface area contributed by atoms with Crippen molar-refractivity contribution in [2.45, 2.75) is 60.0 Å². The quantitative estimate of drug-likeness (QED) is 0.199. The van der Waals surface area contributed by atoms with Crippen LogP contribution in [0.4, 0.5) is 0 Å². The summed E-state index contributed by atoms with van der Waals surface area (Å²) in [6.45, 7) is 13.1. The second kappa shape index (κ2) is 11.9. The largest absolute Gasteiger partial charge is 0.463 e. The van der Waals surface area contributed by atoms with Gasteiger partial charge in [-0.25, -0.2) is 9.79 Å². The van der Waals surface area contributed by atoms with Gasteiger partial charge < -0.3 is 9.30 Å². The summed E-state index contributed by atoms with van der Waals surface area (Å²) in [6.07, 6.45) is 2.00. The highest BCUT2D eigenvalue weighted by molar-refractivity contribution is 7.07. The number of carbonyl (C=O) groups excluding carboxylic acids is 1. The van der Waals surface area contributed by atoms with Crippen LogP contribution in [0.5, 0.6) is 0 Å². The summed E-state index contributed by atoms with van der Waals surface area (Å²) in [7, 11) is 0. The summed E-state index contributed by atoms with van der Waals surface area (Å²) in [5.41, 5.74) is 8.51. The van der Waals surface area contributed by atoms with Crippen LogP contribution in [-0.4, -0.2) is 21.7 Å². The van der Waals surface area contributed by atoms with Crippen LogP contribution < -0.4 is 14.9 Å². The zero-order valence-electron chi connectivity index (χ0n) is 26.0. The fraction of sp³-hybridized carbons (Fsp3) is 0.270. The molecule has 3 aromatic carbocycles. The molecule has 6 rings (SSSR count). The highest BCUT2D eigenvalue weighted by Gasteiger charge is 2.33. The van der Waals surface area contributed by atoms with Crippen molar-refractivity contribution in [2.75, 3.05) is 6.61 Å². The molecule has 0 fully saturated rings. The van der Waals surface area contributed by atoms with E-state index in [2.05, 4.69) is 86.9 Å². The number of carbonyl (C=O) groups is 1. The van der Waals surface area contributed by atoms with Crippen molar-refractivity contribution in [3.05, 3.63) is 137 Å². The number of hydrogen-bond donors (Lipinski definition) is 0. The van der Waals surface area contributed by atoms with E-state index in [4.69, 9.17) is 9.73 Å². The van der Waals surface area contributed by atoms with E-state index in [1.54, 1.807) is 11.5 Å². The summed E-state index contributed by atoms with van der Waals surface area (Å²) in [4.78, 5) is 33.0. The van der Waals surface area contributed by atoms with Crippen LogP contribution in [0.2, 0.25) is 0 Å². The van der Waals surface area contributed by atoms with Gasteiger partial charge in [-0.15, -0.1) is 0 Å². The van der Waals surface area contributed by atoms with E-state index in [0.29, 0.717) is 26.5 Å². The summed E-state index contributed by atoms with van der Waals surface area (Å²) in [6, 6.07) is 24.3. The number of allylic oxidation sites excluding steroid dienone is 1. The van der Waals surface area contributed by atoms with E-state index in [1.807, 2.05) is 31.2 Å². The van der Waals surface area contributed by atoms with Crippen molar-refractivity contribution in [3.63, 3.8) is 0 Å². The molecule has 44 heavy (non-hydrogen) atoms. The predicted molar refractivity (Wildman–Crippen MR) is 178 cm³/mol. The number of aryl methyl sites for hydroxylation is 1. The van der Waals surface area contributed by atoms with Crippen molar-refractivity contribution in [1.29, 1.82) is 0 Å². The van der Waals surface area contributed by atoms with E-state index in [-0.39, 0.29) is 12.2 Å². The Bertz CT molecular complexity index is 2100. The Morgan fingerprint density at radius 1 is 1.00 bits per heavy atom. The van der Waals surface area contributed by atoms with E-state index in [0.717, 1.165) is 34.3 Å². The predicted octanol–water partition coefficient (Wildman–Crippen LogP) is 6.54. The maximum absolute atomic E-state index is 14.3. The maximum Gasteiger partial charge on any atom is 0.338 e. The van der Waals surface area contributed by atoms with Crippen molar-refractivity contribution in [2.24, 2.45) is 4.99 Å². The van der Waals surface area contributed by atoms with Crippen LogP contribution in [0.3, 0.4) is 0 Å². The van der Waals surface area contributed by atoms with Gasteiger partial charge in [0.15, 0.2) is 4.80 Å². The number of fused-ring (bicyclic) bond motifs is 2. The van der Waals surface area contributed by atoms with Gasteiger partial charge in [0.25, 0.3) is 5.56 Å². The minimum atomic E-state index is -0.628. The van der Waals surface area contributed by atoms with Gasteiger partial charge in [-0.3, -0.25) is 9.36 Å². The molecule has 0 bridgehead atoms. The Morgan fingerprint density at radius 3 is 2.41 bits per heavy atom. The number of hydrogen-bond acceptors (Lipinski definition) is 5. The van der Waals surface area contributed by atoms with Crippen LogP contribution in [0.25, 0.3) is 17.0 Å². The van der Waals surface area contributed by atoms with Gasteiger partial charge >= 0.3 is 5.97 Å². The molecule has 5 aromatic rings. The third-order valence-electron chi connectivity index (χ3n) is 8.49. The second-order valence-electron chi connectivity index (χ2n) is 11.7. The first-order valence-corrected chi connectivity index (χ1v) is 15.9. The molecule has 0 radical (unpaired) electrons. The fourth-order valence-electron chi connectivity index (χ4n) is 6.19. The van der Waals surface area contributed by atoms with Gasteiger partial charge in [-0.1, -0.05) is 98.0 Å². The zero-order chi connectivity index (χ0) is 31.1. The van der Waals surface area contributed by atoms with Crippen LogP contribution in [-0.2, 0) is 16.1 Å². The molecule has 3 heterocycles. The Kier molecular flexibility index (Phi) is 7.99. The molecular formula is C37H37N3O3S. The minimum absolute atomic E-state index is 0.169. The number of nitrogens with zero attached hydrogens (tertiary/aromatic N) is 3. The Balaban J connectivity index is 1.56. The number of aromatic nitrogens is 2. The molecule has 2 aromatic heterocycles. The normalized spacial score (nSPS) is 15.2. The molecule has 0 unspecified atom stereocenters. The van der Waals surface area contributed by atoms with Gasteiger partial charge in [0.2, 0.25) is 0 Å². The SMILES string of the molecule is CCOC(=O)C1=C(C)N=c2s/c(=C\c3c(C)n(Cc4ccccc4)c4c(C)cccc34)c(=O)n2[C@H]1c1ccc(C(C)C)cc1. The molecular weight excluding hydrogens is 566 g/mol. The van der Waals surface area contributed by atoms with Gasteiger partial charge in [-0.2, -0.15) is 0 Å². The first-order chi connectivity index (χ1) is 21.2. The molecule has 7 heteroatoms. The van der Waals surface area contributed by atoms with Gasteiger partial charge in [-0.05, 0) is 61.9 Å². The third-order valence-corrected chi connectivity index (χ3v) is 9.47. The smallest absolute Gasteiger partial charge is 0.338 e. The van der Waals surface area contributed by atoms with Crippen LogP contribution in [0.15, 0.2) is 93.9 Å². The average Bonchev–Trinajstić information content (AvgIpc) is 3.46. The topological polar surface area (TPSA) is 65.6 Å². The minimum Gasteiger partial charge on any atom is -0.463 e. The van der Waals surface area contributed by atoms with Crippen molar-refractivity contribution >= 4 is 34.3 Å². The average molecular weight is 604 g/mol. The fourth-order valence-corrected chi connectivity index (χ4v) is 7.22. The number of benzene rings is 3. The molecule has 6 nitrogen and oxygen atoms in total. The number of para-hydroxylation sites is 1. The molecule has 1 atom stereocenters. The van der Waals surface area contributed by atoms with Crippen LogP contribution >= 0.6 is 11.3 Å². The van der Waals surface area contributed by atoms with Crippen molar-refractivity contribution in [1.82, 2.24) is 9.13 Å². The van der Waals surface area contributed by atoms with Crippen molar-refractivity contribution in [3.8, 4) is 0 Å². The summed E-state index contributed by atoms with van der Waals surface area (Å²) >= 11 is 1.36. The summed E-state index contributed by atoms with van der Waals surface area (Å²) < 4.78 is 10.1. The molecule has 224 valence electrons. The van der Waals surface area contributed by atoms with Crippen molar-refractivity contribution < 1.29 is 9.53 Å². The zero-order valence-corrected chi connectivity index (χ0v) is 26.9. The Morgan fingerprint density at radius 2 is 1.73 bits per heavy atom. The van der Waals surface area contributed by atoms with E-state index in [9.17, 15) is 9.59 Å². The van der Waals surface area contributed by atoms with Gasteiger partial charge in [0.05, 0.1) is 34.0 Å². The lowest BCUT2D eigenvalue weighted by atomic mass is 9.93. The molecule has 0 aliphatic carbocycles. The standard InChI is InChI=1S/C37H37N3O3S/c1-7-43-36(42)32-24(5)38-37-40(34(32)28-18-16-27(17-19-28)22(2)3)35(41)31(44-37)20-30-25(6)39(21-26-13-9-8-10-14-26)33-23(4)12-11-15-29(30)33/h8-20,22,34H,7,21H2,1-6H3/b31-20-/t34-/m0/s1. The number of thiazole rings is 1. The molecule has 0 spiro atoms. The van der Waals surface area contributed by atoms with Gasteiger partial charge in [0.1, 0.15) is 0 Å².